The van der Waals surface area contributed by atoms with Crippen LogP contribution in [0.25, 0.3) is 21.9 Å². The maximum Gasteiger partial charge on any atom is 0.332 e. The molecule has 8 nitrogen and oxygen atoms in total. The van der Waals surface area contributed by atoms with Crippen LogP contribution in [0.15, 0.2) is 40.2 Å². The van der Waals surface area contributed by atoms with Crippen LogP contribution in [-0.2, 0) is 20.6 Å². The number of nitrogens with zero attached hydrogens (tertiary/aromatic N) is 4. The van der Waals surface area contributed by atoms with Crippen LogP contribution >= 0.6 is 0 Å². The van der Waals surface area contributed by atoms with Crippen molar-refractivity contribution in [3.8, 4) is 11.5 Å². The Bertz CT molecular complexity index is 1380. The van der Waals surface area contributed by atoms with Gasteiger partial charge in [-0.25, -0.2) is 9.78 Å². The third-order valence-electron chi connectivity index (χ3n) is 5.29. The van der Waals surface area contributed by atoms with E-state index in [-0.39, 0.29) is 5.56 Å². The van der Waals surface area contributed by atoms with E-state index in [4.69, 9.17) is 9.47 Å². The summed E-state index contributed by atoms with van der Waals surface area (Å²) in [5.74, 6) is 1.57. The number of hydrogen-bond acceptors (Lipinski definition) is 5. The molecule has 0 amide bonds. The van der Waals surface area contributed by atoms with Gasteiger partial charge >= 0.3 is 5.69 Å². The third kappa shape index (κ3) is 2.79. The van der Waals surface area contributed by atoms with Crippen LogP contribution in [0.4, 0.5) is 0 Å². The first-order valence-corrected chi connectivity index (χ1v) is 9.12. The van der Waals surface area contributed by atoms with Crippen molar-refractivity contribution < 1.29 is 9.47 Å². The fourth-order valence-electron chi connectivity index (χ4n) is 3.80. The minimum Gasteiger partial charge on any atom is -0.496 e. The van der Waals surface area contributed by atoms with Gasteiger partial charge in [0.25, 0.3) is 5.56 Å². The Morgan fingerprint density at radius 1 is 1.00 bits per heavy atom. The molecule has 150 valence electrons. The van der Waals surface area contributed by atoms with E-state index in [1.807, 2.05) is 31.2 Å². The molecule has 8 heteroatoms. The average molecular weight is 394 g/mol. The minimum absolute atomic E-state index is 0.364. The molecule has 0 spiro atoms. The second-order valence-electron chi connectivity index (χ2n) is 7.06. The molecule has 0 saturated carbocycles. The first-order valence-electron chi connectivity index (χ1n) is 9.12. The van der Waals surface area contributed by atoms with Gasteiger partial charge in [-0.2, -0.15) is 0 Å². The zero-order chi connectivity index (χ0) is 20.9. The molecule has 0 fully saturated rings. The van der Waals surface area contributed by atoms with Gasteiger partial charge in [0.1, 0.15) is 11.5 Å². The van der Waals surface area contributed by atoms with Gasteiger partial charge in [-0.3, -0.25) is 13.9 Å². The summed E-state index contributed by atoms with van der Waals surface area (Å²) in [4.78, 5) is 29.1. The highest BCUT2D eigenvalue weighted by Crippen LogP contribution is 2.37. The number of fused-ring (bicyclic) bond motifs is 2. The van der Waals surface area contributed by atoms with Crippen molar-refractivity contribution in [2.24, 2.45) is 14.1 Å². The number of aryl methyl sites for hydroxylation is 2. The Morgan fingerprint density at radius 3 is 2.45 bits per heavy atom. The zero-order valence-corrected chi connectivity index (χ0v) is 17.0. The molecule has 2 heterocycles. The molecule has 29 heavy (non-hydrogen) atoms. The molecule has 0 aliphatic heterocycles. The fourth-order valence-corrected chi connectivity index (χ4v) is 3.80. The summed E-state index contributed by atoms with van der Waals surface area (Å²) in [6.45, 7) is 2.40. The standard InChI is InChI=1S/C21H22N4O4/c1-12-8-16(28-4)14-7-6-13(9-15(14)18(12)29-5)10-25-11-22-19-17(25)20(26)24(3)21(27)23(19)2/h6-9,11H,10H2,1-5H3. The minimum atomic E-state index is -0.397. The van der Waals surface area contributed by atoms with Gasteiger partial charge in [-0.1, -0.05) is 12.1 Å². The second kappa shape index (κ2) is 6.80. The number of methoxy groups -OCH3 is 2. The SMILES string of the molecule is COc1cc(C)c(OC)c2cc(Cn3cnc4c3c(=O)n(C)c(=O)n4C)ccc12. The molecule has 0 unspecified atom stereocenters. The summed E-state index contributed by atoms with van der Waals surface area (Å²) in [6, 6.07) is 7.95. The van der Waals surface area contributed by atoms with E-state index in [9.17, 15) is 9.59 Å². The van der Waals surface area contributed by atoms with Gasteiger partial charge in [0.2, 0.25) is 0 Å². The van der Waals surface area contributed by atoms with Crippen LogP contribution < -0.4 is 20.7 Å². The highest BCUT2D eigenvalue weighted by atomic mass is 16.5. The topological polar surface area (TPSA) is 80.3 Å². The Hall–Kier alpha value is -3.55. The summed E-state index contributed by atoms with van der Waals surface area (Å²) in [5, 5.41) is 1.89. The van der Waals surface area contributed by atoms with Gasteiger partial charge in [0.05, 0.1) is 20.5 Å². The normalized spacial score (nSPS) is 11.3. The van der Waals surface area contributed by atoms with Crippen molar-refractivity contribution in [1.29, 1.82) is 0 Å². The number of benzene rings is 2. The highest BCUT2D eigenvalue weighted by molar-refractivity contribution is 5.95. The number of aromatic nitrogens is 4. The highest BCUT2D eigenvalue weighted by Gasteiger charge is 2.16. The fraction of sp³-hybridized carbons (Fsp3) is 0.286. The first-order chi connectivity index (χ1) is 13.9. The van der Waals surface area contributed by atoms with Gasteiger partial charge in [-0.05, 0) is 30.2 Å². The zero-order valence-electron chi connectivity index (χ0n) is 17.0. The van der Waals surface area contributed by atoms with Crippen LogP contribution in [0.2, 0.25) is 0 Å². The maximum absolute atomic E-state index is 12.7. The molecule has 2 aromatic carbocycles. The van der Waals surface area contributed by atoms with Crippen LogP contribution in [-0.4, -0.2) is 32.9 Å². The van der Waals surface area contributed by atoms with E-state index >= 15 is 0 Å². The number of rotatable bonds is 4. The maximum atomic E-state index is 12.7. The Kier molecular flexibility index (Phi) is 4.41. The Labute approximate surface area is 166 Å². The van der Waals surface area contributed by atoms with E-state index in [2.05, 4.69) is 4.98 Å². The molecule has 0 N–H and O–H groups in total. The van der Waals surface area contributed by atoms with Crippen LogP contribution in [0, 0.1) is 6.92 Å². The molecule has 0 saturated heterocycles. The van der Waals surface area contributed by atoms with Gasteiger partial charge < -0.3 is 14.0 Å². The molecule has 4 aromatic rings. The Morgan fingerprint density at radius 2 is 1.76 bits per heavy atom. The smallest absolute Gasteiger partial charge is 0.332 e. The molecule has 0 aliphatic rings. The van der Waals surface area contributed by atoms with Crippen LogP contribution in [0.1, 0.15) is 11.1 Å². The van der Waals surface area contributed by atoms with Gasteiger partial charge in [-0.15, -0.1) is 0 Å². The number of hydrogen-bond donors (Lipinski definition) is 0. The Balaban J connectivity index is 1.90. The molecule has 0 radical (unpaired) electrons. The summed E-state index contributed by atoms with van der Waals surface area (Å²) in [6.07, 6.45) is 1.59. The van der Waals surface area contributed by atoms with Crippen molar-refractivity contribution in [1.82, 2.24) is 18.7 Å². The lowest BCUT2D eigenvalue weighted by Crippen LogP contribution is -2.37. The quantitative estimate of drug-likeness (QED) is 0.529. The molecule has 4 rings (SSSR count). The molecule has 0 bridgehead atoms. The van der Waals surface area contributed by atoms with Crippen LogP contribution in [0.3, 0.4) is 0 Å². The number of ether oxygens (including phenoxy) is 2. The van der Waals surface area contributed by atoms with E-state index in [0.717, 1.165) is 38.0 Å². The lowest BCUT2D eigenvalue weighted by molar-refractivity contribution is 0.408. The van der Waals surface area contributed by atoms with Gasteiger partial charge in [0.15, 0.2) is 11.2 Å². The van der Waals surface area contributed by atoms with Crippen molar-refractivity contribution in [2.45, 2.75) is 13.5 Å². The van der Waals surface area contributed by atoms with Gasteiger partial charge in [0, 0.05) is 31.4 Å². The summed E-state index contributed by atoms with van der Waals surface area (Å²) < 4.78 is 15.4. The molecular formula is C21H22N4O4. The predicted molar refractivity (Wildman–Crippen MR) is 111 cm³/mol. The molecular weight excluding hydrogens is 372 g/mol. The van der Waals surface area contributed by atoms with E-state index in [0.29, 0.717) is 17.7 Å². The molecule has 0 atom stereocenters. The average Bonchev–Trinajstić information content (AvgIpc) is 3.13. The third-order valence-corrected chi connectivity index (χ3v) is 5.29. The van der Waals surface area contributed by atoms with Crippen LogP contribution in [0.5, 0.6) is 11.5 Å². The van der Waals surface area contributed by atoms with Crippen molar-refractivity contribution in [2.75, 3.05) is 14.2 Å². The molecule has 2 aromatic heterocycles. The van der Waals surface area contributed by atoms with Crippen molar-refractivity contribution >= 4 is 21.9 Å². The lowest BCUT2D eigenvalue weighted by atomic mass is 10.0. The monoisotopic (exact) mass is 394 g/mol. The summed E-state index contributed by atoms with van der Waals surface area (Å²) >= 11 is 0. The van der Waals surface area contributed by atoms with Crippen molar-refractivity contribution in [3.63, 3.8) is 0 Å². The lowest BCUT2D eigenvalue weighted by Gasteiger charge is -2.14. The predicted octanol–water partition coefficient (Wildman–Crippen LogP) is 1.96. The van der Waals surface area contributed by atoms with E-state index in [1.165, 1.54) is 11.6 Å². The largest absolute Gasteiger partial charge is 0.496 e. The number of imidazole rings is 1. The first kappa shape index (κ1) is 18.8. The van der Waals surface area contributed by atoms with E-state index < -0.39 is 5.69 Å². The molecule has 0 aliphatic carbocycles. The summed E-state index contributed by atoms with van der Waals surface area (Å²) in [5.41, 5.74) is 1.95. The van der Waals surface area contributed by atoms with Crippen molar-refractivity contribution in [3.05, 3.63) is 62.6 Å². The summed E-state index contributed by atoms with van der Waals surface area (Å²) in [7, 11) is 6.37. The van der Waals surface area contributed by atoms with E-state index in [1.54, 1.807) is 32.2 Å². The second-order valence-corrected chi connectivity index (χ2v) is 7.06.